The topological polar surface area (TPSA) is 49.3 Å². The molecule has 14 heavy (non-hydrogen) atoms. The summed E-state index contributed by atoms with van der Waals surface area (Å²) in [5.41, 5.74) is 1.06. The van der Waals surface area contributed by atoms with Crippen molar-refractivity contribution < 1.29 is 9.90 Å². The van der Waals surface area contributed by atoms with E-state index in [-0.39, 0.29) is 17.6 Å². The fourth-order valence-corrected chi connectivity index (χ4v) is 1.85. The minimum atomic E-state index is 0.101. The van der Waals surface area contributed by atoms with Crippen molar-refractivity contribution in [2.24, 2.45) is 0 Å². The highest BCUT2D eigenvalue weighted by Gasteiger charge is 2.20. The van der Waals surface area contributed by atoms with Gasteiger partial charge in [0.25, 0.3) is 0 Å². The number of aromatic hydroxyl groups is 1. The van der Waals surface area contributed by atoms with Crippen molar-refractivity contribution in [3.8, 4) is 5.75 Å². The summed E-state index contributed by atoms with van der Waals surface area (Å²) in [6.07, 6.45) is 1.48. The molecule has 0 aliphatic carbocycles. The van der Waals surface area contributed by atoms with Gasteiger partial charge in [0.1, 0.15) is 5.75 Å². The van der Waals surface area contributed by atoms with E-state index in [1.54, 1.807) is 12.1 Å². The number of phenols is 1. The van der Waals surface area contributed by atoms with Gasteiger partial charge < -0.3 is 10.4 Å². The van der Waals surface area contributed by atoms with Crippen molar-refractivity contribution in [3.63, 3.8) is 0 Å². The molecule has 2 rings (SSSR count). The molecule has 74 valence electrons. The largest absolute Gasteiger partial charge is 0.508 e. The number of rotatable bonds is 1. The van der Waals surface area contributed by atoms with Crippen LogP contribution >= 0.6 is 0 Å². The van der Waals surface area contributed by atoms with Crippen LogP contribution < -0.4 is 5.32 Å². The molecule has 1 aliphatic rings. The Morgan fingerprint density at radius 3 is 3.00 bits per heavy atom. The molecule has 2 N–H and O–H groups in total. The Morgan fingerprint density at radius 2 is 2.29 bits per heavy atom. The predicted octanol–water partition coefficient (Wildman–Crippen LogP) is 1.39. The van der Waals surface area contributed by atoms with Gasteiger partial charge in [0.2, 0.25) is 5.91 Å². The van der Waals surface area contributed by atoms with Gasteiger partial charge in [-0.25, -0.2) is 0 Å². The van der Waals surface area contributed by atoms with Gasteiger partial charge in [-0.2, -0.15) is 0 Å². The second-order valence-electron chi connectivity index (χ2n) is 3.63. The normalized spacial score (nSPS) is 21.7. The molecule has 1 aliphatic heterocycles. The lowest BCUT2D eigenvalue weighted by atomic mass is 9.90. The lowest BCUT2D eigenvalue weighted by Crippen LogP contribution is -2.32. The number of benzene rings is 1. The van der Waals surface area contributed by atoms with Crippen molar-refractivity contribution in [2.45, 2.75) is 18.8 Å². The van der Waals surface area contributed by atoms with Crippen LogP contribution in [0.15, 0.2) is 24.3 Å². The Balaban J connectivity index is 2.17. The summed E-state index contributed by atoms with van der Waals surface area (Å²) in [5.74, 6) is 0.633. The highest BCUT2D eigenvalue weighted by Crippen LogP contribution is 2.27. The van der Waals surface area contributed by atoms with E-state index in [0.717, 1.165) is 18.5 Å². The second kappa shape index (κ2) is 3.70. The third kappa shape index (κ3) is 1.87. The molecule has 0 bridgehead atoms. The Kier molecular flexibility index (Phi) is 2.39. The molecule has 1 amide bonds. The molecule has 1 aromatic carbocycles. The van der Waals surface area contributed by atoms with Crippen LogP contribution in [0.3, 0.4) is 0 Å². The molecule has 1 aromatic rings. The number of hydrogen-bond acceptors (Lipinski definition) is 2. The van der Waals surface area contributed by atoms with E-state index in [1.165, 1.54) is 0 Å². The fraction of sp³-hybridized carbons (Fsp3) is 0.364. The van der Waals surface area contributed by atoms with Gasteiger partial charge in [0.15, 0.2) is 0 Å². The van der Waals surface area contributed by atoms with E-state index in [0.29, 0.717) is 6.42 Å². The van der Waals surface area contributed by atoms with Gasteiger partial charge >= 0.3 is 0 Å². The number of carbonyl (C=O) groups excluding carboxylic acids is 1. The molecule has 0 spiro atoms. The van der Waals surface area contributed by atoms with E-state index in [2.05, 4.69) is 5.32 Å². The van der Waals surface area contributed by atoms with Gasteiger partial charge in [0.05, 0.1) is 0 Å². The van der Waals surface area contributed by atoms with Crippen LogP contribution in [0.5, 0.6) is 5.75 Å². The van der Waals surface area contributed by atoms with Crippen LogP contribution in [-0.4, -0.2) is 17.6 Å². The maximum Gasteiger partial charge on any atom is 0.220 e. The molecule has 1 heterocycles. The fourth-order valence-electron chi connectivity index (χ4n) is 1.85. The van der Waals surface area contributed by atoms with E-state index in [9.17, 15) is 9.90 Å². The Hall–Kier alpha value is -1.51. The highest BCUT2D eigenvalue weighted by molar-refractivity contribution is 5.77. The molecule has 3 nitrogen and oxygen atoms in total. The Morgan fingerprint density at radius 1 is 1.43 bits per heavy atom. The summed E-state index contributed by atoms with van der Waals surface area (Å²) in [4.78, 5) is 11.2. The Bertz CT molecular complexity index is 349. The molecule has 1 unspecified atom stereocenters. The quantitative estimate of drug-likeness (QED) is 0.704. The van der Waals surface area contributed by atoms with Crippen LogP contribution in [0.1, 0.15) is 24.3 Å². The Labute approximate surface area is 82.8 Å². The van der Waals surface area contributed by atoms with Crippen molar-refractivity contribution in [1.29, 1.82) is 0 Å². The zero-order chi connectivity index (χ0) is 9.97. The number of piperidine rings is 1. The average molecular weight is 191 g/mol. The number of hydrogen-bond donors (Lipinski definition) is 2. The molecule has 3 heteroatoms. The summed E-state index contributed by atoms with van der Waals surface area (Å²) in [7, 11) is 0. The van der Waals surface area contributed by atoms with Crippen molar-refractivity contribution >= 4 is 5.91 Å². The summed E-state index contributed by atoms with van der Waals surface area (Å²) >= 11 is 0. The summed E-state index contributed by atoms with van der Waals surface area (Å²) in [6, 6.07) is 7.16. The van der Waals surface area contributed by atoms with Crippen LogP contribution in [0.4, 0.5) is 0 Å². The first-order valence-corrected chi connectivity index (χ1v) is 4.81. The zero-order valence-electron chi connectivity index (χ0n) is 7.86. The molecule has 0 saturated carbocycles. The standard InChI is InChI=1S/C11H13NO2/c13-10-3-1-2-8(6-10)9-4-5-12-11(14)7-9/h1-3,6,9,13H,4-5,7H2,(H,12,14). The highest BCUT2D eigenvalue weighted by atomic mass is 16.3. The number of nitrogens with one attached hydrogen (secondary N) is 1. The molecule has 1 saturated heterocycles. The zero-order valence-corrected chi connectivity index (χ0v) is 7.86. The number of phenolic OH excluding ortho intramolecular Hbond substituents is 1. The lowest BCUT2D eigenvalue weighted by Gasteiger charge is -2.22. The van der Waals surface area contributed by atoms with E-state index in [4.69, 9.17) is 0 Å². The van der Waals surface area contributed by atoms with Gasteiger partial charge in [-0.15, -0.1) is 0 Å². The smallest absolute Gasteiger partial charge is 0.220 e. The molecule has 1 atom stereocenters. The molecule has 1 fully saturated rings. The SMILES string of the molecule is O=C1CC(c2cccc(O)c2)CCN1. The molecular weight excluding hydrogens is 178 g/mol. The minimum absolute atomic E-state index is 0.101. The second-order valence-corrected chi connectivity index (χ2v) is 3.63. The summed E-state index contributed by atoms with van der Waals surface area (Å²) in [6.45, 7) is 0.735. The van der Waals surface area contributed by atoms with Gasteiger partial charge in [-0.1, -0.05) is 12.1 Å². The molecule has 0 aromatic heterocycles. The van der Waals surface area contributed by atoms with Crippen molar-refractivity contribution in [1.82, 2.24) is 5.32 Å². The average Bonchev–Trinajstić information content (AvgIpc) is 2.18. The van der Waals surface area contributed by atoms with Crippen LogP contribution in [0.2, 0.25) is 0 Å². The van der Waals surface area contributed by atoms with E-state index >= 15 is 0 Å². The van der Waals surface area contributed by atoms with E-state index < -0.39 is 0 Å². The summed E-state index contributed by atoms with van der Waals surface area (Å²) < 4.78 is 0. The first kappa shape index (κ1) is 9.06. The first-order chi connectivity index (χ1) is 6.75. The maximum absolute atomic E-state index is 11.2. The van der Waals surface area contributed by atoms with Gasteiger partial charge in [0, 0.05) is 13.0 Å². The van der Waals surface area contributed by atoms with Crippen LogP contribution in [0.25, 0.3) is 0 Å². The monoisotopic (exact) mass is 191 g/mol. The van der Waals surface area contributed by atoms with E-state index in [1.807, 2.05) is 12.1 Å². The van der Waals surface area contributed by atoms with Crippen LogP contribution in [-0.2, 0) is 4.79 Å². The number of amides is 1. The third-order valence-electron chi connectivity index (χ3n) is 2.59. The maximum atomic E-state index is 11.2. The van der Waals surface area contributed by atoms with Gasteiger partial charge in [-0.3, -0.25) is 4.79 Å². The summed E-state index contributed by atoms with van der Waals surface area (Å²) in [5, 5.41) is 12.1. The number of carbonyl (C=O) groups is 1. The molecule has 0 radical (unpaired) electrons. The predicted molar refractivity (Wildman–Crippen MR) is 53.1 cm³/mol. The minimum Gasteiger partial charge on any atom is -0.508 e. The third-order valence-corrected chi connectivity index (χ3v) is 2.59. The molecular formula is C11H13NO2. The van der Waals surface area contributed by atoms with Crippen LogP contribution in [0, 0.1) is 0 Å². The van der Waals surface area contributed by atoms with Gasteiger partial charge in [-0.05, 0) is 30.0 Å². The van der Waals surface area contributed by atoms with Crippen molar-refractivity contribution in [2.75, 3.05) is 6.54 Å². The first-order valence-electron chi connectivity index (χ1n) is 4.81. The lowest BCUT2D eigenvalue weighted by molar-refractivity contribution is -0.122. The van der Waals surface area contributed by atoms with Crippen molar-refractivity contribution in [3.05, 3.63) is 29.8 Å².